The molecule has 0 spiro atoms. The van der Waals surface area contributed by atoms with Crippen LogP contribution >= 0.6 is 21.6 Å². The van der Waals surface area contributed by atoms with Crippen LogP contribution in [-0.2, 0) is 6.42 Å². The first kappa shape index (κ1) is 8.27. The molecule has 1 aromatic carbocycles. The summed E-state index contributed by atoms with van der Waals surface area (Å²) in [5.74, 6) is 0. The highest BCUT2D eigenvalue weighted by atomic mass is 33.1. The van der Waals surface area contributed by atoms with Gasteiger partial charge in [-0.05, 0) is 17.4 Å². The molecular weight excluding hydrogens is 184 g/mol. The highest BCUT2D eigenvalue weighted by Gasteiger charge is 2.10. The van der Waals surface area contributed by atoms with Gasteiger partial charge in [0.15, 0.2) is 0 Å². The maximum absolute atomic E-state index is 2.28. The summed E-state index contributed by atoms with van der Waals surface area (Å²) in [6, 6.07) is 10.7. The lowest BCUT2D eigenvalue weighted by Crippen LogP contribution is -1.98. The average molecular weight is 194 g/mol. The molecule has 0 N–H and O–H groups in total. The second-order valence-corrected chi connectivity index (χ2v) is 5.17. The van der Waals surface area contributed by atoms with Crippen molar-refractivity contribution in [1.29, 1.82) is 0 Å². The third-order valence-corrected chi connectivity index (χ3v) is 4.17. The molecule has 2 rings (SSSR count). The predicted octanol–water partition coefficient (Wildman–Crippen LogP) is 3.51. The Morgan fingerprint density at radius 2 is 2.00 bits per heavy atom. The first-order valence-corrected chi connectivity index (χ1v) is 6.25. The molecular formula is C10H10S2. The number of hydrogen-bond donors (Lipinski definition) is 0. The van der Waals surface area contributed by atoms with Crippen molar-refractivity contribution in [1.82, 2.24) is 0 Å². The highest BCUT2D eigenvalue weighted by molar-refractivity contribution is 8.78. The molecule has 1 atom stereocenters. The van der Waals surface area contributed by atoms with Crippen LogP contribution in [0.3, 0.4) is 0 Å². The molecule has 62 valence electrons. The molecule has 2 heteroatoms. The van der Waals surface area contributed by atoms with E-state index < -0.39 is 0 Å². The summed E-state index contributed by atoms with van der Waals surface area (Å²) < 4.78 is 0. The van der Waals surface area contributed by atoms with Gasteiger partial charge in [0.05, 0.1) is 0 Å². The van der Waals surface area contributed by atoms with Crippen molar-refractivity contribution < 1.29 is 0 Å². The average Bonchev–Trinajstić information content (AvgIpc) is 2.59. The standard InChI is InChI=1S/C10H10S2/c1-2-4-9(5-3-1)8-10-6-7-11-12-10/h1-7,10H,8H2. The first-order chi connectivity index (χ1) is 5.95. The van der Waals surface area contributed by atoms with E-state index in [1.807, 2.05) is 21.6 Å². The zero-order valence-electron chi connectivity index (χ0n) is 6.64. The van der Waals surface area contributed by atoms with E-state index in [0.717, 1.165) is 6.42 Å². The van der Waals surface area contributed by atoms with E-state index >= 15 is 0 Å². The van der Waals surface area contributed by atoms with Gasteiger partial charge >= 0.3 is 0 Å². The van der Waals surface area contributed by atoms with Crippen molar-refractivity contribution in [2.24, 2.45) is 0 Å². The van der Waals surface area contributed by atoms with Gasteiger partial charge in [-0.2, -0.15) is 0 Å². The summed E-state index contributed by atoms with van der Waals surface area (Å²) in [5.41, 5.74) is 1.43. The smallest absolute Gasteiger partial charge is 0.0382 e. The molecule has 0 saturated carbocycles. The maximum Gasteiger partial charge on any atom is 0.0382 e. The van der Waals surface area contributed by atoms with E-state index in [1.54, 1.807) is 0 Å². The van der Waals surface area contributed by atoms with Gasteiger partial charge in [0, 0.05) is 5.25 Å². The molecule has 1 aliphatic rings. The highest BCUT2D eigenvalue weighted by Crippen LogP contribution is 2.36. The van der Waals surface area contributed by atoms with Gasteiger partial charge in [-0.1, -0.05) is 58.0 Å². The topological polar surface area (TPSA) is 0 Å². The van der Waals surface area contributed by atoms with E-state index in [-0.39, 0.29) is 0 Å². The molecule has 0 aliphatic carbocycles. The van der Waals surface area contributed by atoms with Gasteiger partial charge in [0.25, 0.3) is 0 Å². The molecule has 0 fully saturated rings. The summed E-state index contributed by atoms with van der Waals surface area (Å²) in [4.78, 5) is 0. The minimum Gasteiger partial charge on any atom is -0.0816 e. The minimum absolute atomic E-state index is 0.678. The van der Waals surface area contributed by atoms with Crippen LogP contribution in [0.1, 0.15) is 5.56 Å². The van der Waals surface area contributed by atoms with Crippen molar-refractivity contribution in [2.45, 2.75) is 11.7 Å². The Bertz CT molecular complexity index is 266. The van der Waals surface area contributed by atoms with Crippen LogP contribution in [0, 0.1) is 0 Å². The first-order valence-electron chi connectivity index (χ1n) is 3.98. The predicted molar refractivity (Wildman–Crippen MR) is 58.3 cm³/mol. The van der Waals surface area contributed by atoms with Gasteiger partial charge in [0.1, 0.15) is 0 Å². The molecule has 0 bridgehead atoms. The van der Waals surface area contributed by atoms with Crippen molar-refractivity contribution in [2.75, 3.05) is 0 Å². The summed E-state index contributed by atoms with van der Waals surface area (Å²) in [5, 5.41) is 2.86. The Labute approximate surface area is 80.8 Å². The van der Waals surface area contributed by atoms with Crippen molar-refractivity contribution in [3.05, 3.63) is 47.4 Å². The van der Waals surface area contributed by atoms with Gasteiger partial charge in [0.2, 0.25) is 0 Å². The number of benzene rings is 1. The molecule has 0 nitrogen and oxygen atoms in total. The fourth-order valence-corrected chi connectivity index (χ4v) is 3.38. The Hall–Kier alpha value is -0.340. The summed E-state index contributed by atoms with van der Waals surface area (Å²) >= 11 is 0. The fraction of sp³-hybridized carbons (Fsp3) is 0.200. The molecule has 0 aromatic heterocycles. The van der Waals surface area contributed by atoms with Crippen LogP contribution in [-0.4, -0.2) is 5.25 Å². The van der Waals surface area contributed by atoms with Gasteiger partial charge in [-0.25, -0.2) is 0 Å². The fourth-order valence-electron chi connectivity index (χ4n) is 1.20. The van der Waals surface area contributed by atoms with Crippen LogP contribution in [0.5, 0.6) is 0 Å². The summed E-state index contributed by atoms with van der Waals surface area (Å²) in [6.07, 6.45) is 3.44. The van der Waals surface area contributed by atoms with E-state index in [2.05, 4.69) is 41.8 Å². The van der Waals surface area contributed by atoms with E-state index in [1.165, 1.54) is 5.56 Å². The van der Waals surface area contributed by atoms with E-state index in [9.17, 15) is 0 Å². The largest absolute Gasteiger partial charge is 0.0816 e. The van der Waals surface area contributed by atoms with Gasteiger partial charge in [-0.3, -0.25) is 0 Å². The Morgan fingerprint density at radius 3 is 2.67 bits per heavy atom. The van der Waals surface area contributed by atoms with Crippen molar-refractivity contribution in [3.63, 3.8) is 0 Å². The second kappa shape index (κ2) is 4.06. The van der Waals surface area contributed by atoms with Crippen molar-refractivity contribution >= 4 is 21.6 Å². The molecule has 1 heterocycles. The molecule has 0 radical (unpaired) electrons. The number of rotatable bonds is 2. The van der Waals surface area contributed by atoms with E-state index in [4.69, 9.17) is 0 Å². The van der Waals surface area contributed by atoms with Gasteiger partial charge < -0.3 is 0 Å². The SMILES string of the molecule is C1=CC(Cc2ccccc2)SS1. The molecule has 1 aliphatic heterocycles. The van der Waals surface area contributed by atoms with Gasteiger partial charge in [-0.15, -0.1) is 0 Å². The lowest BCUT2D eigenvalue weighted by Gasteiger charge is -2.04. The van der Waals surface area contributed by atoms with Crippen LogP contribution in [0.15, 0.2) is 41.8 Å². The Balaban J connectivity index is 1.99. The second-order valence-electron chi connectivity index (χ2n) is 2.75. The zero-order valence-corrected chi connectivity index (χ0v) is 8.28. The van der Waals surface area contributed by atoms with Crippen molar-refractivity contribution in [3.8, 4) is 0 Å². The summed E-state index contributed by atoms with van der Waals surface area (Å²) in [7, 11) is 3.78. The normalized spacial score (nSPS) is 21.5. The monoisotopic (exact) mass is 194 g/mol. The quantitative estimate of drug-likeness (QED) is 0.661. The summed E-state index contributed by atoms with van der Waals surface area (Å²) in [6.45, 7) is 0. The maximum atomic E-state index is 2.28. The molecule has 12 heavy (non-hydrogen) atoms. The Morgan fingerprint density at radius 1 is 1.17 bits per heavy atom. The molecule has 1 unspecified atom stereocenters. The third-order valence-electron chi connectivity index (χ3n) is 1.81. The minimum atomic E-state index is 0.678. The Kier molecular flexibility index (Phi) is 2.79. The number of hydrogen-bond acceptors (Lipinski definition) is 2. The lowest BCUT2D eigenvalue weighted by atomic mass is 10.1. The van der Waals surface area contributed by atoms with Crippen LogP contribution in [0.4, 0.5) is 0 Å². The third kappa shape index (κ3) is 2.08. The van der Waals surface area contributed by atoms with Crippen LogP contribution in [0.25, 0.3) is 0 Å². The lowest BCUT2D eigenvalue weighted by molar-refractivity contribution is 1.03. The van der Waals surface area contributed by atoms with E-state index in [0.29, 0.717) is 5.25 Å². The van der Waals surface area contributed by atoms with Crippen LogP contribution in [0.2, 0.25) is 0 Å². The molecule has 0 amide bonds. The zero-order chi connectivity index (χ0) is 8.23. The molecule has 0 saturated heterocycles. The van der Waals surface area contributed by atoms with Crippen LogP contribution < -0.4 is 0 Å². The molecule has 1 aromatic rings.